The molecule has 2 amide bonds. The molecule has 0 spiro atoms. The highest BCUT2D eigenvalue weighted by atomic mass is 16.2. The molecule has 6 heteroatoms. The number of nitrogens with two attached hydrogens (primary N) is 1. The zero-order valence-corrected chi connectivity index (χ0v) is 9.06. The minimum atomic E-state index is -0.667. The quantitative estimate of drug-likeness (QED) is 0.702. The summed E-state index contributed by atoms with van der Waals surface area (Å²) in [6, 6.07) is 2.27. The molecule has 86 valence electrons. The number of benzene rings is 1. The Bertz CT molecular complexity index is 661. The van der Waals surface area contributed by atoms with Crippen LogP contribution in [0.25, 0.3) is 0 Å². The summed E-state index contributed by atoms with van der Waals surface area (Å²) in [5.74, 6) is -0.708. The maximum atomic E-state index is 11.6. The third kappa shape index (κ3) is 1.78. The maximum Gasteiger partial charge on any atom is 0.368 e. The minimum Gasteiger partial charge on any atom is -0.324 e. The molecule has 0 saturated carbocycles. The summed E-state index contributed by atoms with van der Waals surface area (Å²) in [4.78, 5) is 41.5. The Labute approximate surface area is 95.9 Å². The first-order valence-electron chi connectivity index (χ1n) is 4.93. The van der Waals surface area contributed by atoms with E-state index in [0.29, 0.717) is 5.36 Å². The molecule has 0 aliphatic carbocycles. The van der Waals surface area contributed by atoms with Crippen LogP contribution in [0, 0.1) is 0 Å². The summed E-state index contributed by atoms with van der Waals surface area (Å²) in [6.45, 7) is 1.10. The van der Waals surface area contributed by atoms with Gasteiger partial charge in [0.05, 0.1) is 17.5 Å². The first-order valence-corrected chi connectivity index (χ1v) is 4.93. The zero-order chi connectivity index (χ0) is 12.6. The van der Waals surface area contributed by atoms with Crippen LogP contribution in [0.15, 0.2) is 22.1 Å². The standard InChI is InChI=1S/C11H9N3O3/c1-5(15)9-6(8(16)4-12)2-3-7-10(9)14-11(17)13-7/h2-3H,4,12H2,1H3. The Balaban J connectivity index is 2.85. The van der Waals surface area contributed by atoms with Gasteiger partial charge in [0.1, 0.15) is 5.36 Å². The van der Waals surface area contributed by atoms with E-state index in [4.69, 9.17) is 5.73 Å². The highest BCUT2D eigenvalue weighted by molar-refractivity contribution is 6.08. The van der Waals surface area contributed by atoms with Crippen LogP contribution in [0.4, 0.5) is 4.79 Å². The number of amides is 2. The van der Waals surface area contributed by atoms with E-state index in [1.807, 2.05) is 0 Å². The molecule has 0 atom stereocenters. The van der Waals surface area contributed by atoms with E-state index in [-0.39, 0.29) is 34.6 Å². The summed E-state index contributed by atoms with van der Waals surface area (Å²) in [7, 11) is 0. The first-order chi connectivity index (χ1) is 8.04. The third-order valence-electron chi connectivity index (χ3n) is 2.42. The van der Waals surface area contributed by atoms with E-state index < -0.39 is 6.03 Å². The summed E-state index contributed by atoms with van der Waals surface area (Å²) in [5.41, 5.74) is 5.57. The fraction of sp³-hybridized carbons (Fsp3) is 0.182. The molecule has 2 N–H and O–H groups in total. The number of fused-ring (bicyclic) bond motifs is 1. The highest BCUT2D eigenvalue weighted by Gasteiger charge is 2.19. The summed E-state index contributed by atoms with van der Waals surface area (Å²) in [5, 5.41) is 0.482. The van der Waals surface area contributed by atoms with E-state index in [1.54, 1.807) is 0 Å². The number of Topliss-reactive ketones (excluding diaryl/α,β-unsaturated/α-hetero) is 2. The number of rotatable bonds is 3. The second-order valence-electron chi connectivity index (χ2n) is 3.55. The molecule has 1 aliphatic heterocycles. The van der Waals surface area contributed by atoms with Crippen molar-refractivity contribution in [2.24, 2.45) is 15.7 Å². The largest absolute Gasteiger partial charge is 0.368 e. The van der Waals surface area contributed by atoms with Crippen molar-refractivity contribution in [3.05, 3.63) is 34.0 Å². The smallest absolute Gasteiger partial charge is 0.324 e. The van der Waals surface area contributed by atoms with Crippen LogP contribution < -0.4 is 16.4 Å². The molecule has 1 aliphatic rings. The second kappa shape index (κ2) is 3.99. The molecule has 17 heavy (non-hydrogen) atoms. The minimum absolute atomic E-state index is 0.118. The number of ketones is 2. The van der Waals surface area contributed by atoms with E-state index in [1.165, 1.54) is 19.1 Å². The van der Waals surface area contributed by atoms with Gasteiger partial charge in [0, 0.05) is 5.56 Å². The van der Waals surface area contributed by atoms with Crippen LogP contribution in [-0.4, -0.2) is 24.1 Å². The molecule has 6 nitrogen and oxygen atoms in total. The Morgan fingerprint density at radius 3 is 2.59 bits per heavy atom. The highest BCUT2D eigenvalue weighted by Crippen LogP contribution is 2.05. The van der Waals surface area contributed by atoms with Crippen molar-refractivity contribution >= 4 is 17.6 Å². The normalized spacial score (nSPS) is 12.7. The fourth-order valence-corrected chi connectivity index (χ4v) is 1.71. The molecule has 0 radical (unpaired) electrons. The predicted molar refractivity (Wildman–Crippen MR) is 57.5 cm³/mol. The van der Waals surface area contributed by atoms with Gasteiger partial charge < -0.3 is 5.73 Å². The molecular formula is C11H9N3O3. The fourth-order valence-electron chi connectivity index (χ4n) is 1.71. The van der Waals surface area contributed by atoms with E-state index >= 15 is 0 Å². The van der Waals surface area contributed by atoms with Crippen molar-refractivity contribution in [3.8, 4) is 0 Å². The van der Waals surface area contributed by atoms with Gasteiger partial charge in [0.25, 0.3) is 0 Å². The van der Waals surface area contributed by atoms with Gasteiger partial charge in [-0.3, -0.25) is 9.59 Å². The lowest BCUT2D eigenvalue weighted by Gasteiger charge is -2.03. The van der Waals surface area contributed by atoms with Crippen LogP contribution in [0.1, 0.15) is 27.6 Å². The average Bonchev–Trinajstić information content (AvgIpc) is 2.66. The molecule has 0 fully saturated rings. The lowest BCUT2D eigenvalue weighted by Crippen LogP contribution is -2.32. The molecule has 0 bridgehead atoms. The zero-order valence-electron chi connectivity index (χ0n) is 9.06. The molecule has 1 heterocycles. The number of carbonyl (C=O) groups is 3. The molecular weight excluding hydrogens is 222 g/mol. The van der Waals surface area contributed by atoms with Crippen LogP contribution in [0.5, 0.6) is 0 Å². The van der Waals surface area contributed by atoms with Crippen molar-refractivity contribution in [2.45, 2.75) is 6.92 Å². The van der Waals surface area contributed by atoms with Crippen molar-refractivity contribution < 1.29 is 14.4 Å². The van der Waals surface area contributed by atoms with E-state index in [9.17, 15) is 14.4 Å². The number of nitrogens with zero attached hydrogens (tertiary/aromatic N) is 2. The summed E-state index contributed by atoms with van der Waals surface area (Å²) >= 11 is 0. The van der Waals surface area contributed by atoms with Crippen molar-refractivity contribution in [2.75, 3.05) is 6.54 Å². The predicted octanol–water partition coefficient (Wildman–Crippen LogP) is -0.597. The molecule has 0 aromatic heterocycles. The Morgan fingerprint density at radius 2 is 2.00 bits per heavy atom. The van der Waals surface area contributed by atoms with Crippen LogP contribution >= 0.6 is 0 Å². The third-order valence-corrected chi connectivity index (χ3v) is 2.42. The van der Waals surface area contributed by atoms with Crippen LogP contribution in [0.2, 0.25) is 0 Å². The lowest BCUT2D eigenvalue weighted by atomic mass is 9.99. The van der Waals surface area contributed by atoms with Gasteiger partial charge in [0.15, 0.2) is 11.6 Å². The summed E-state index contributed by atoms with van der Waals surface area (Å²) < 4.78 is 0. The molecule has 1 aromatic rings. The molecule has 0 saturated heterocycles. The topological polar surface area (TPSA) is 102 Å². The van der Waals surface area contributed by atoms with Crippen LogP contribution in [-0.2, 0) is 0 Å². The van der Waals surface area contributed by atoms with Gasteiger partial charge in [-0.2, -0.15) is 9.98 Å². The molecule has 0 unspecified atom stereocenters. The van der Waals surface area contributed by atoms with E-state index in [0.717, 1.165) is 0 Å². The summed E-state index contributed by atoms with van der Waals surface area (Å²) in [6.07, 6.45) is 0. The SMILES string of the molecule is CC(=O)c1c(C(=O)CN)ccc2c1=NC(=O)N=2. The van der Waals surface area contributed by atoms with Gasteiger partial charge >= 0.3 is 6.03 Å². The number of hydrogen-bond donors (Lipinski definition) is 1. The van der Waals surface area contributed by atoms with Gasteiger partial charge in [-0.1, -0.05) is 0 Å². The Kier molecular flexibility index (Phi) is 2.64. The van der Waals surface area contributed by atoms with Gasteiger partial charge in [-0.05, 0) is 19.1 Å². The van der Waals surface area contributed by atoms with Gasteiger partial charge in [-0.25, -0.2) is 4.79 Å². The number of carbonyl (C=O) groups excluding carboxylic acids is 3. The van der Waals surface area contributed by atoms with Gasteiger partial charge in [0.2, 0.25) is 0 Å². The maximum absolute atomic E-state index is 11.6. The number of hydrogen-bond acceptors (Lipinski definition) is 4. The van der Waals surface area contributed by atoms with Crippen molar-refractivity contribution in [3.63, 3.8) is 0 Å². The average molecular weight is 231 g/mol. The van der Waals surface area contributed by atoms with Crippen molar-refractivity contribution in [1.29, 1.82) is 0 Å². The van der Waals surface area contributed by atoms with Crippen molar-refractivity contribution in [1.82, 2.24) is 0 Å². The number of urea groups is 1. The monoisotopic (exact) mass is 231 g/mol. The Hall–Kier alpha value is -2.21. The van der Waals surface area contributed by atoms with Crippen LogP contribution in [0.3, 0.4) is 0 Å². The molecule has 1 aromatic carbocycles. The lowest BCUT2D eigenvalue weighted by molar-refractivity contribution is 0.0973. The molecule has 2 rings (SSSR count). The Morgan fingerprint density at radius 1 is 1.29 bits per heavy atom. The van der Waals surface area contributed by atoms with E-state index in [2.05, 4.69) is 9.98 Å². The first kappa shape index (κ1) is 11.3. The second-order valence-corrected chi connectivity index (χ2v) is 3.55. The van der Waals surface area contributed by atoms with Gasteiger partial charge in [-0.15, -0.1) is 0 Å².